The fraction of sp³-hybridized carbons (Fsp3) is 0.500. The standard InChI is InChI=1S/C12H17NO2/c1-9-4-6-11(8-13-9)12(14)7-5-10(2)15-3/h4,6,8,10H,5,7H2,1-3H3. The van der Waals surface area contributed by atoms with E-state index in [1.54, 1.807) is 13.3 Å². The molecule has 1 heterocycles. The predicted octanol–water partition coefficient (Wildman–Crippen LogP) is 2.39. The van der Waals surface area contributed by atoms with Gasteiger partial charge in [-0.15, -0.1) is 0 Å². The number of ketones is 1. The second kappa shape index (κ2) is 5.61. The van der Waals surface area contributed by atoms with Crippen molar-refractivity contribution in [2.24, 2.45) is 0 Å². The van der Waals surface area contributed by atoms with Crippen LogP contribution in [0.2, 0.25) is 0 Å². The third kappa shape index (κ3) is 3.80. The summed E-state index contributed by atoms with van der Waals surface area (Å²) < 4.78 is 5.09. The maximum Gasteiger partial charge on any atom is 0.164 e. The maximum atomic E-state index is 11.7. The zero-order chi connectivity index (χ0) is 11.3. The molecule has 1 unspecified atom stereocenters. The molecule has 0 aliphatic heterocycles. The van der Waals surface area contributed by atoms with E-state index in [-0.39, 0.29) is 11.9 Å². The van der Waals surface area contributed by atoms with Crippen molar-refractivity contribution in [2.75, 3.05) is 7.11 Å². The van der Waals surface area contributed by atoms with Crippen LogP contribution in [0.1, 0.15) is 35.8 Å². The van der Waals surface area contributed by atoms with Gasteiger partial charge in [-0.25, -0.2) is 0 Å². The topological polar surface area (TPSA) is 39.2 Å². The molecule has 0 aliphatic rings. The second-order valence-corrected chi connectivity index (χ2v) is 3.70. The Morgan fingerprint density at radius 3 is 2.80 bits per heavy atom. The lowest BCUT2D eigenvalue weighted by Gasteiger charge is -2.07. The average molecular weight is 207 g/mol. The molecule has 3 heteroatoms. The van der Waals surface area contributed by atoms with Gasteiger partial charge in [-0.1, -0.05) is 0 Å². The van der Waals surface area contributed by atoms with Crippen LogP contribution in [0.4, 0.5) is 0 Å². The molecule has 0 amide bonds. The van der Waals surface area contributed by atoms with Gasteiger partial charge in [0.1, 0.15) is 0 Å². The molecule has 3 nitrogen and oxygen atoms in total. The van der Waals surface area contributed by atoms with Crippen LogP contribution in [-0.4, -0.2) is 24.0 Å². The number of Topliss-reactive ketones (excluding diaryl/α,β-unsaturated/α-hetero) is 1. The summed E-state index contributed by atoms with van der Waals surface area (Å²) >= 11 is 0. The zero-order valence-corrected chi connectivity index (χ0v) is 9.49. The molecular formula is C12H17NO2. The molecule has 0 saturated heterocycles. The van der Waals surface area contributed by atoms with Crippen molar-refractivity contribution in [1.29, 1.82) is 0 Å². The number of hydrogen-bond donors (Lipinski definition) is 0. The monoisotopic (exact) mass is 207 g/mol. The van der Waals surface area contributed by atoms with Gasteiger partial charge in [0, 0.05) is 31.0 Å². The van der Waals surface area contributed by atoms with Crippen LogP contribution in [0.5, 0.6) is 0 Å². The molecule has 0 aromatic carbocycles. The first-order chi connectivity index (χ1) is 7.13. The number of nitrogens with zero attached hydrogens (tertiary/aromatic N) is 1. The summed E-state index contributed by atoms with van der Waals surface area (Å²) in [7, 11) is 1.66. The van der Waals surface area contributed by atoms with Gasteiger partial charge in [-0.2, -0.15) is 0 Å². The van der Waals surface area contributed by atoms with Gasteiger partial charge >= 0.3 is 0 Å². The van der Waals surface area contributed by atoms with Crippen molar-refractivity contribution < 1.29 is 9.53 Å². The fourth-order valence-corrected chi connectivity index (χ4v) is 1.23. The lowest BCUT2D eigenvalue weighted by Crippen LogP contribution is -2.08. The van der Waals surface area contributed by atoms with E-state index in [1.165, 1.54) is 0 Å². The minimum Gasteiger partial charge on any atom is -0.382 e. The molecular weight excluding hydrogens is 190 g/mol. The highest BCUT2D eigenvalue weighted by molar-refractivity contribution is 5.95. The number of pyridine rings is 1. The summed E-state index contributed by atoms with van der Waals surface area (Å²) in [5.41, 5.74) is 1.61. The Morgan fingerprint density at radius 2 is 2.27 bits per heavy atom. The Kier molecular flexibility index (Phi) is 4.43. The third-order valence-corrected chi connectivity index (χ3v) is 2.41. The molecule has 0 N–H and O–H groups in total. The zero-order valence-electron chi connectivity index (χ0n) is 9.49. The van der Waals surface area contributed by atoms with Crippen molar-refractivity contribution in [3.05, 3.63) is 29.6 Å². The lowest BCUT2D eigenvalue weighted by molar-refractivity contribution is 0.0877. The molecule has 15 heavy (non-hydrogen) atoms. The van der Waals surface area contributed by atoms with E-state index >= 15 is 0 Å². The van der Waals surface area contributed by atoms with Crippen LogP contribution in [0.3, 0.4) is 0 Å². The number of carbonyl (C=O) groups excluding carboxylic acids is 1. The van der Waals surface area contributed by atoms with Crippen molar-refractivity contribution >= 4 is 5.78 Å². The normalized spacial score (nSPS) is 12.5. The number of rotatable bonds is 5. The van der Waals surface area contributed by atoms with E-state index in [2.05, 4.69) is 4.98 Å². The van der Waals surface area contributed by atoms with Crippen molar-refractivity contribution in [3.63, 3.8) is 0 Å². The van der Waals surface area contributed by atoms with Crippen LogP contribution in [0.15, 0.2) is 18.3 Å². The minimum atomic E-state index is 0.131. The van der Waals surface area contributed by atoms with Crippen LogP contribution in [0.25, 0.3) is 0 Å². The Labute approximate surface area is 90.5 Å². The SMILES string of the molecule is COC(C)CCC(=O)c1ccc(C)nc1. The van der Waals surface area contributed by atoms with Gasteiger partial charge in [0.25, 0.3) is 0 Å². The molecule has 1 aromatic heterocycles. The molecule has 1 rings (SSSR count). The summed E-state index contributed by atoms with van der Waals surface area (Å²) in [6, 6.07) is 3.68. The Bertz CT molecular complexity index is 319. The molecule has 0 spiro atoms. The van der Waals surface area contributed by atoms with Crippen LogP contribution >= 0.6 is 0 Å². The predicted molar refractivity (Wildman–Crippen MR) is 59.0 cm³/mol. The minimum absolute atomic E-state index is 0.131. The number of methoxy groups -OCH3 is 1. The highest BCUT2D eigenvalue weighted by Crippen LogP contribution is 2.08. The molecule has 0 radical (unpaired) electrons. The number of carbonyl (C=O) groups is 1. The summed E-state index contributed by atoms with van der Waals surface area (Å²) in [5, 5.41) is 0. The summed E-state index contributed by atoms with van der Waals surface area (Å²) in [5.74, 6) is 0.131. The quantitative estimate of drug-likeness (QED) is 0.696. The molecule has 0 aliphatic carbocycles. The first kappa shape index (κ1) is 11.9. The number of hydrogen-bond acceptors (Lipinski definition) is 3. The number of aryl methyl sites for hydroxylation is 1. The highest BCUT2D eigenvalue weighted by atomic mass is 16.5. The first-order valence-electron chi connectivity index (χ1n) is 5.12. The molecule has 0 saturated carbocycles. The smallest absolute Gasteiger partial charge is 0.164 e. The molecule has 0 bridgehead atoms. The lowest BCUT2D eigenvalue weighted by atomic mass is 10.1. The van der Waals surface area contributed by atoms with Crippen LogP contribution in [-0.2, 0) is 4.74 Å². The van der Waals surface area contributed by atoms with Gasteiger partial charge in [0.05, 0.1) is 6.10 Å². The Hall–Kier alpha value is -1.22. The van der Waals surface area contributed by atoms with Gasteiger partial charge in [-0.3, -0.25) is 9.78 Å². The van der Waals surface area contributed by atoms with E-state index in [0.29, 0.717) is 12.0 Å². The van der Waals surface area contributed by atoms with Gasteiger partial charge < -0.3 is 4.74 Å². The Balaban J connectivity index is 2.50. The van der Waals surface area contributed by atoms with Crippen molar-refractivity contribution in [2.45, 2.75) is 32.8 Å². The van der Waals surface area contributed by atoms with E-state index in [4.69, 9.17) is 4.74 Å². The third-order valence-electron chi connectivity index (χ3n) is 2.41. The molecule has 1 aromatic rings. The summed E-state index contributed by atoms with van der Waals surface area (Å²) in [6.45, 7) is 3.86. The van der Waals surface area contributed by atoms with E-state index in [0.717, 1.165) is 12.1 Å². The highest BCUT2D eigenvalue weighted by Gasteiger charge is 2.08. The number of ether oxygens (including phenoxy) is 1. The molecule has 0 fully saturated rings. The van der Waals surface area contributed by atoms with Gasteiger partial charge in [0.15, 0.2) is 5.78 Å². The number of aromatic nitrogens is 1. The maximum absolute atomic E-state index is 11.7. The van der Waals surface area contributed by atoms with Gasteiger partial charge in [0.2, 0.25) is 0 Å². The first-order valence-corrected chi connectivity index (χ1v) is 5.12. The summed E-state index contributed by atoms with van der Waals surface area (Å²) in [4.78, 5) is 15.8. The summed E-state index contributed by atoms with van der Waals surface area (Å²) in [6.07, 6.45) is 3.03. The van der Waals surface area contributed by atoms with Crippen LogP contribution in [0, 0.1) is 6.92 Å². The van der Waals surface area contributed by atoms with Gasteiger partial charge in [-0.05, 0) is 32.4 Å². The van der Waals surface area contributed by atoms with E-state index in [9.17, 15) is 4.79 Å². The average Bonchev–Trinajstić information content (AvgIpc) is 2.26. The van der Waals surface area contributed by atoms with E-state index < -0.39 is 0 Å². The molecule has 82 valence electrons. The molecule has 1 atom stereocenters. The fourth-order valence-electron chi connectivity index (χ4n) is 1.23. The Morgan fingerprint density at radius 1 is 1.53 bits per heavy atom. The van der Waals surface area contributed by atoms with E-state index in [1.807, 2.05) is 26.0 Å². The second-order valence-electron chi connectivity index (χ2n) is 3.70. The largest absolute Gasteiger partial charge is 0.382 e. The van der Waals surface area contributed by atoms with Crippen molar-refractivity contribution in [1.82, 2.24) is 4.98 Å². The van der Waals surface area contributed by atoms with Crippen LogP contribution < -0.4 is 0 Å². The van der Waals surface area contributed by atoms with Crippen molar-refractivity contribution in [3.8, 4) is 0 Å².